The van der Waals surface area contributed by atoms with Gasteiger partial charge in [0.1, 0.15) is 11.4 Å². The van der Waals surface area contributed by atoms with Crippen LogP contribution in [0.5, 0.6) is 0 Å². The van der Waals surface area contributed by atoms with Crippen molar-refractivity contribution in [3.8, 4) is 0 Å². The summed E-state index contributed by atoms with van der Waals surface area (Å²) in [6.07, 6.45) is 6.53. The summed E-state index contributed by atoms with van der Waals surface area (Å²) < 4.78 is 40.3. The van der Waals surface area contributed by atoms with Crippen molar-refractivity contribution in [2.45, 2.75) is 55.4 Å². The molecule has 2 aliphatic heterocycles. The molecule has 1 spiro atoms. The number of sulfonamides is 1. The predicted octanol–water partition coefficient (Wildman–Crippen LogP) is 2.12. The molecule has 1 saturated carbocycles. The summed E-state index contributed by atoms with van der Waals surface area (Å²) in [7, 11) is -3.78. The fourth-order valence-corrected chi connectivity index (χ4v) is 6.19. The van der Waals surface area contributed by atoms with E-state index in [9.17, 15) is 22.4 Å². The van der Waals surface area contributed by atoms with E-state index >= 15 is 0 Å². The Balaban J connectivity index is 1.37. The molecule has 31 heavy (non-hydrogen) atoms. The van der Waals surface area contributed by atoms with Crippen LogP contribution in [0.1, 0.15) is 44.9 Å². The average molecular weight is 453 g/mol. The highest BCUT2D eigenvalue weighted by atomic mass is 32.2. The first kappa shape index (κ1) is 22.2. The molecule has 3 amide bonds. The second-order valence-electron chi connectivity index (χ2n) is 8.63. The number of nitrogens with one attached hydrogen (secondary N) is 1. The Labute approximate surface area is 182 Å². The second-order valence-corrected chi connectivity index (χ2v) is 10.6. The van der Waals surface area contributed by atoms with Crippen LogP contribution in [0.25, 0.3) is 0 Å². The van der Waals surface area contributed by atoms with Crippen molar-refractivity contribution in [3.63, 3.8) is 0 Å². The van der Waals surface area contributed by atoms with Crippen LogP contribution in [0, 0.1) is 5.82 Å². The van der Waals surface area contributed by atoms with E-state index in [1.54, 1.807) is 0 Å². The maximum absolute atomic E-state index is 13.5. The third kappa shape index (κ3) is 4.47. The van der Waals surface area contributed by atoms with Crippen molar-refractivity contribution in [1.82, 2.24) is 19.4 Å². The summed E-state index contributed by atoms with van der Waals surface area (Å²) in [4.78, 5) is 28.9. The van der Waals surface area contributed by atoms with E-state index in [1.807, 2.05) is 4.90 Å². The van der Waals surface area contributed by atoms with Crippen molar-refractivity contribution in [2.75, 3.05) is 32.8 Å². The third-order valence-corrected chi connectivity index (χ3v) is 8.45. The quantitative estimate of drug-likeness (QED) is 0.707. The van der Waals surface area contributed by atoms with Gasteiger partial charge in [-0.15, -0.1) is 0 Å². The van der Waals surface area contributed by atoms with Gasteiger partial charge >= 0.3 is 6.03 Å². The lowest BCUT2D eigenvalue weighted by atomic mass is 9.84. The molecule has 2 saturated heterocycles. The third-order valence-electron chi connectivity index (χ3n) is 6.56. The normalized spacial score (nSPS) is 23.6. The number of hydrogen-bond donors (Lipinski definition) is 1. The second kappa shape index (κ2) is 8.84. The molecule has 3 fully saturated rings. The topological polar surface area (TPSA) is 90.0 Å². The molecule has 0 aromatic heterocycles. The molecule has 1 N–H and O–H groups in total. The van der Waals surface area contributed by atoms with Gasteiger partial charge in [0.25, 0.3) is 5.91 Å². The number of benzene rings is 1. The number of urea groups is 1. The Morgan fingerprint density at radius 1 is 0.968 bits per heavy atom. The largest absolute Gasteiger partial charge is 0.326 e. The minimum absolute atomic E-state index is 0.0683. The average Bonchev–Trinajstić information content (AvgIpc) is 2.96. The van der Waals surface area contributed by atoms with Gasteiger partial charge in [-0.05, 0) is 31.0 Å². The molecule has 0 unspecified atom stereocenters. The zero-order valence-corrected chi connectivity index (χ0v) is 18.4. The number of nitrogens with zero attached hydrogens (tertiary/aromatic N) is 3. The lowest BCUT2D eigenvalue weighted by Gasteiger charge is -2.35. The fourth-order valence-electron chi connectivity index (χ4n) is 4.74. The first-order valence-corrected chi connectivity index (χ1v) is 12.4. The Morgan fingerprint density at radius 3 is 2.26 bits per heavy atom. The monoisotopic (exact) mass is 452 g/mol. The highest BCUT2D eigenvalue weighted by molar-refractivity contribution is 7.89. The van der Waals surface area contributed by atoms with E-state index < -0.39 is 21.4 Å². The highest BCUT2D eigenvalue weighted by Gasteiger charge is 2.50. The van der Waals surface area contributed by atoms with Gasteiger partial charge in [-0.25, -0.2) is 22.5 Å². The number of amides is 3. The molecule has 8 nitrogen and oxygen atoms in total. The molecule has 10 heteroatoms. The molecule has 0 radical (unpaired) electrons. The van der Waals surface area contributed by atoms with Crippen molar-refractivity contribution in [2.24, 2.45) is 0 Å². The molecule has 0 bridgehead atoms. The molecule has 4 rings (SSSR count). The lowest BCUT2D eigenvalue weighted by molar-refractivity contribution is -0.133. The van der Waals surface area contributed by atoms with Gasteiger partial charge in [0.15, 0.2) is 0 Å². The van der Waals surface area contributed by atoms with Gasteiger partial charge in [0.2, 0.25) is 10.0 Å². The van der Waals surface area contributed by atoms with E-state index in [2.05, 4.69) is 5.32 Å². The van der Waals surface area contributed by atoms with Crippen LogP contribution >= 0.6 is 0 Å². The van der Waals surface area contributed by atoms with Crippen molar-refractivity contribution in [3.05, 3.63) is 30.1 Å². The molecule has 1 aliphatic carbocycles. The van der Waals surface area contributed by atoms with Crippen LogP contribution in [0.15, 0.2) is 29.2 Å². The van der Waals surface area contributed by atoms with E-state index in [1.165, 1.54) is 33.8 Å². The fraction of sp³-hybridized carbons (Fsp3) is 0.619. The van der Waals surface area contributed by atoms with Crippen molar-refractivity contribution in [1.29, 1.82) is 0 Å². The van der Waals surface area contributed by atoms with Crippen molar-refractivity contribution >= 4 is 22.0 Å². The molecule has 1 aromatic carbocycles. The van der Waals surface area contributed by atoms with E-state index in [0.717, 1.165) is 31.7 Å². The SMILES string of the molecule is O=C1NC2(CCCCCCC2)C(=O)N1CN1CCN(S(=O)(=O)c2cccc(F)c2)CC1. The molecule has 3 aliphatic rings. The van der Waals surface area contributed by atoms with Gasteiger partial charge < -0.3 is 5.32 Å². The minimum atomic E-state index is -3.78. The number of imide groups is 1. The molecule has 170 valence electrons. The summed E-state index contributed by atoms with van der Waals surface area (Å²) in [6.45, 7) is 1.36. The zero-order valence-electron chi connectivity index (χ0n) is 17.6. The van der Waals surface area contributed by atoms with Crippen LogP contribution in [-0.2, 0) is 14.8 Å². The maximum Gasteiger partial charge on any atom is 0.326 e. The predicted molar refractivity (Wildman–Crippen MR) is 112 cm³/mol. The van der Waals surface area contributed by atoms with Gasteiger partial charge in [-0.2, -0.15) is 4.31 Å². The van der Waals surface area contributed by atoms with Crippen LogP contribution < -0.4 is 5.32 Å². The molecular formula is C21H29FN4O4S. The number of carbonyl (C=O) groups excluding carboxylic acids is 2. The maximum atomic E-state index is 13.5. The zero-order chi connectivity index (χ0) is 22.1. The highest BCUT2D eigenvalue weighted by Crippen LogP contribution is 2.32. The smallest absolute Gasteiger partial charge is 0.323 e. The first-order chi connectivity index (χ1) is 14.8. The summed E-state index contributed by atoms with van der Waals surface area (Å²) in [5.41, 5.74) is -0.778. The lowest BCUT2D eigenvalue weighted by Crippen LogP contribution is -2.53. The van der Waals surface area contributed by atoms with Crippen LogP contribution in [0.2, 0.25) is 0 Å². The van der Waals surface area contributed by atoms with E-state index in [0.29, 0.717) is 25.9 Å². The van der Waals surface area contributed by atoms with Gasteiger partial charge in [0.05, 0.1) is 11.6 Å². The number of hydrogen-bond acceptors (Lipinski definition) is 5. The summed E-state index contributed by atoms with van der Waals surface area (Å²) in [5, 5.41) is 2.96. The Morgan fingerprint density at radius 2 is 1.61 bits per heavy atom. The Kier molecular flexibility index (Phi) is 6.32. The standard InChI is InChI=1S/C21H29FN4O4S/c22-17-7-6-8-18(15-17)31(29,30)25-13-11-24(12-14-25)16-26-19(27)21(23-20(26)28)9-4-2-1-3-5-10-21/h6-8,15H,1-5,9-14,16H2,(H,23,28). The first-order valence-electron chi connectivity index (χ1n) is 10.9. The summed E-state index contributed by atoms with van der Waals surface area (Å²) >= 11 is 0. The molecular weight excluding hydrogens is 423 g/mol. The minimum Gasteiger partial charge on any atom is -0.323 e. The van der Waals surface area contributed by atoms with Gasteiger partial charge in [0, 0.05) is 26.2 Å². The number of piperazine rings is 1. The van der Waals surface area contributed by atoms with Crippen LogP contribution in [-0.4, -0.2) is 72.8 Å². The molecule has 0 atom stereocenters. The number of rotatable bonds is 4. The summed E-state index contributed by atoms with van der Waals surface area (Å²) in [6, 6.07) is 4.62. The van der Waals surface area contributed by atoms with E-state index in [-0.39, 0.29) is 36.6 Å². The molecule has 1 aromatic rings. The number of halogens is 1. The summed E-state index contributed by atoms with van der Waals surface area (Å²) in [5.74, 6) is -0.754. The van der Waals surface area contributed by atoms with Gasteiger partial charge in [-0.1, -0.05) is 38.2 Å². The van der Waals surface area contributed by atoms with Crippen LogP contribution in [0.4, 0.5) is 9.18 Å². The Bertz CT molecular complexity index is 938. The van der Waals surface area contributed by atoms with Gasteiger partial charge in [-0.3, -0.25) is 9.69 Å². The van der Waals surface area contributed by atoms with E-state index in [4.69, 9.17) is 0 Å². The Hall–Kier alpha value is -2.04. The number of carbonyl (C=O) groups is 2. The molecule has 2 heterocycles. The van der Waals surface area contributed by atoms with Crippen LogP contribution in [0.3, 0.4) is 0 Å². The van der Waals surface area contributed by atoms with Crippen molar-refractivity contribution < 1.29 is 22.4 Å².